The van der Waals surface area contributed by atoms with E-state index in [0.29, 0.717) is 0 Å². The standard InChI is InChI=1S/C12H14F4N2O2/c1-5(2)3-6(4-7(19)20)17-10-8(13)11(15)18-12(16)9(10)14/h5-6H,3-4H2,1-2H3,(H,17,18)(H,19,20)/t6-/m0/s1. The number of hydrogen-bond acceptors (Lipinski definition) is 3. The Hall–Kier alpha value is -1.86. The summed E-state index contributed by atoms with van der Waals surface area (Å²) in [6, 6.07) is -0.863. The fourth-order valence-corrected chi connectivity index (χ4v) is 1.79. The minimum Gasteiger partial charge on any atom is -0.481 e. The molecule has 8 heteroatoms. The lowest BCUT2D eigenvalue weighted by Gasteiger charge is -2.20. The zero-order valence-corrected chi connectivity index (χ0v) is 10.9. The van der Waals surface area contributed by atoms with Gasteiger partial charge in [-0.2, -0.15) is 22.5 Å². The topological polar surface area (TPSA) is 62.2 Å². The highest BCUT2D eigenvalue weighted by atomic mass is 19.2. The van der Waals surface area contributed by atoms with Crippen molar-refractivity contribution in [2.24, 2.45) is 5.92 Å². The van der Waals surface area contributed by atoms with Crippen LogP contribution in [0.1, 0.15) is 26.7 Å². The Labute approximate surface area is 112 Å². The number of rotatable bonds is 6. The van der Waals surface area contributed by atoms with Crippen molar-refractivity contribution in [1.82, 2.24) is 4.98 Å². The number of aliphatic carboxylic acids is 1. The van der Waals surface area contributed by atoms with Crippen molar-refractivity contribution in [3.05, 3.63) is 23.5 Å². The average Bonchev–Trinajstić information content (AvgIpc) is 2.30. The minimum absolute atomic E-state index is 0.0227. The van der Waals surface area contributed by atoms with Crippen LogP contribution in [0.3, 0.4) is 0 Å². The Kier molecular flexibility index (Phi) is 5.29. The largest absolute Gasteiger partial charge is 0.481 e. The van der Waals surface area contributed by atoms with Gasteiger partial charge in [-0.3, -0.25) is 4.79 Å². The number of nitrogens with one attached hydrogen (secondary N) is 1. The smallest absolute Gasteiger partial charge is 0.305 e. The van der Waals surface area contributed by atoms with Crippen LogP contribution in [-0.4, -0.2) is 22.1 Å². The van der Waals surface area contributed by atoms with E-state index < -0.39 is 47.6 Å². The van der Waals surface area contributed by atoms with Gasteiger partial charge in [-0.25, -0.2) is 0 Å². The molecule has 0 aliphatic carbocycles. The molecule has 1 atom stereocenters. The zero-order chi connectivity index (χ0) is 15.4. The van der Waals surface area contributed by atoms with Crippen LogP contribution in [0.2, 0.25) is 0 Å². The van der Waals surface area contributed by atoms with Crippen LogP contribution in [0, 0.1) is 29.4 Å². The molecule has 0 spiro atoms. The SMILES string of the molecule is CC(C)C[C@@H](CC(=O)O)Nc1c(F)c(F)nc(F)c1F. The summed E-state index contributed by atoms with van der Waals surface area (Å²) in [5.41, 5.74) is -1.04. The van der Waals surface area contributed by atoms with Crippen molar-refractivity contribution >= 4 is 11.7 Å². The van der Waals surface area contributed by atoms with Crippen LogP contribution in [0.5, 0.6) is 0 Å². The molecule has 0 fully saturated rings. The summed E-state index contributed by atoms with van der Waals surface area (Å²) in [5, 5.41) is 10.9. The molecular formula is C12H14F4N2O2. The third-order valence-electron chi connectivity index (χ3n) is 2.52. The molecule has 0 saturated heterocycles. The second-order valence-corrected chi connectivity index (χ2v) is 4.77. The van der Waals surface area contributed by atoms with Crippen molar-refractivity contribution in [3.8, 4) is 0 Å². The molecule has 0 unspecified atom stereocenters. The number of carboxylic acids is 1. The Morgan fingerprint density at radius 3 is 2.10 bits per heavy atom. The Morgan fingerprint density at radius 1 is 1.20 bits per heavy atom. The molecule has 0 bridgehead atoms. The summed E-state index contributed by atoms with van der Waals surface area (Å²) in [7, 11) is 0. The predicted octanol–water partition coefficient (Wildman–Crippen LogP) is 2.94. The van der Waals surface area contributed by atoms with Gasteiger partial charge in [0.05, 0.1) is 6.42 Å². The molecule has 0 amide bonds. The van der Waals surface area contributed by atoms with Crippen LogP contribution in [0.25, 0.3) is 0 Å². The molecule has 20 heavy (non-hydrogen) atoms. The molecule has 0 radical (unpaired) electrons. The van der Waals surface area contributed by atoms with Gasteiger partial charge < -0.3 is 10.4 Å². The molecule has 1 aromatic rings. The van der Waals surface area contributed by atoms with Gasteiger partial charge >= 0.3 is 5.97 Å². The van der Waals surface area contributed by atoms with Gasteiger partial charge in [0.1, 0.15) is 5.69 Å². The summed E-state index contributed by atoms with van der Waals surface area (Å²) in [6.07, 6.45) is -0.181. The third-order valence-corrected chi connectivity index (χ3v) is 2.52. The van der Waals surface area contributed by atoms with Gasteiger partial charge in [0.25, 0.3) is 11.9 Å². The second-order valence-electron chi connectivity index (χ2n) is 4.77. The van der Waals surface area contributed by atoms with Crippen molar-refractivity contribution in [3.63, 3.8) is 0 Å². The van der Waals surface area contributed by atoms with Crippen molar-refractivity contribution in [2.75, 3.05) is 5.32 Å². The minimum atomic E-state index is -1.79. The quantitative estimate of drug-likeness (QED) is 0.625. The first-order valence-electron chi connectivity index (χ1n) is 5.90. The molecule has 1 aromatic heterocycles. The fraction of sp³-hybridized carbons (Fsp3) is 0.500. The Bertz CT molecular complexity index is 482. The van der Waals surface area contributed by atoms with Crippen molar-refractivity contribution in [2.45, 2.75) is 32.7 Å². The first-order chi connectivity index (χ1) is 9.22. The normalized spacial score (nSPS) is 12.6. The maximum atomic E-state index is 13.4. The summed E-state index contributed by atoms with van der Waals surface area (Å²) >= 11 is 0. The first-order valence-corrected chi connectivity index (χ1v) is 5.90. The number of pyridine rings is 1. The molecule has 4 nitrogen and oxygen atoms in total. The number of hydrogen-bond donors (Lipinski definition) is 2. The molecule has 0 aliphatic rings. The maximum Gasteiger partial charge on any atom is 0.305 e. The Balaban J connectivity index is 3.07. The van der Waals surface area contributed by atoms with E-state index in [1.807, 2.05) is 0 Å². The lowest BCUT2D eigenvalue weighted by molar-refractivity contribution is -0.137. The molecular weight excluding hydrogens is 280 g/mol. The van der Waals surface area contributed by atoms with E-state index in [4.69, 9.17) is 5.11 Å². The summed E-state index contributed by atoms with van der Waals surface area (Å²) in [4.78, 5) is 13.1. The molecule has 0 aliphatic heterocycles. The molecule has 1 heterocycles. The highest BCUT2D eigenvalue weighted by Crippen LogP contribution is 2.24. The summed E-state index contributed by atoms with van der Waals surface area (Å²) in [6.45, 7) is 3.55. The zero-order valence-electron chi connectivity index (χ0n) is 10.9. The van der Waals surface area contributed by atoms with Gasteiger partial charge in [-0.15, -0.1) is 0 Å². The molecule has 0 saturated carbocycles. The van der Waals surface area contributed by atoms with Crippen LogP contribution in [-0.2, 0) is 4.79 Å². The molecule has 1 rings (SSSR count). The second kappa shape index (κ2) is 6.53. The van der Waals surface area contributed by atoms with Gasteiger partial charge in [-0.05, 0) is 12.3 Å². The van der Waals surface area contributed by atoms with E-state index >= 15 is 0 Å². The molecule has 0 aromatic carbocycles. The predicted molar refractivity (Wildman–Crippen MR) is 63.2 cm³/mol. The fourth-order valence-electron chi connectivity index (χ4n) is 1.79. The highest BCUT2D eigenvalue weighted by Gasteiger charge is 2.24. The van der Waals surface area contributed by atoms with Crippen LogP contribution in [0.4, 0.5) is 23.2 Å². The van der Waals surface area contributed by atoms with Crippen molar-refractivity contribution < 1.29 is 27.5 Å². The first kappa shape index (κ1) is 16.2. The lowest BCUT2D eigenvalue weighted by Crippen LogP contribution is -2.26. The number of anilines is 1. The van der Waals surface area contributed by atoms with Crippen LogP contribution >= 0.6 is 0 Å². The summed E-state index contributed by atoms with van der Waals surface area (Å²) < 4.78 is 52.7. The van der Waals surface area contributed by atoms with Crippen LogP contribution < -0.4 is 5.32 Å². The van der Waals surface area contributed by atoms with E-state index in [2.05, 4.69) is 10.3 Å². The lowest BCUT2D eigenvalue weighted by atomic mass is 10.0. The van der Waals surface area contributed by atoms with Gasteiger partial charge in [-0.1, -0.05) is 13.8 Å². The van der Waals surface area contributed by atoms with E-state index in [1.165, 1.54) is 0 Å². The van der Waals surface area contributed by atoms with Gasteiger partial charge in [0.2, 0.25) is 11.6 Å². The monoisotopic (exact) mass is 294 g/mol. The molecule has 2 N–H and O–H groups in total. The van der Waals surface area contributed by atoms with E-state index in [1.54, 1.807) is 13.8 Å². The van der Waals surface area contributed by atoms with Gasteiger partial charge in [0, 0.05) is 6.04 Å². The van der Waals surface area contributed by atoms with E-state index in [0.717, 1.165) is 0 Å². The number of nitrogens with zero attached hydrogens (tertiary/aromatic N) is 1. The maximum absolute atomic E-state index is 13.4. The van der Waals surface area contributed by atoms with Crippen LogP contribution in [0.15, 0.2) is 0 Å². The average molecular weight is 294 g/mol. The van der Waals surface area contributed by atoms with E-state index in [9.17, 15) is 22.4 Å². The van der Waals surface area contributed by atoms with Crippen molar-refractivity contribution in [1.29, 1.82) is 0 Å². The summed E-state index contributed by atoms with van der Waals surface area (Å²) in [5.74, 6) is -8.10. The third kappa shape index (κ3) is 4.07. The number of aromatic nitrogens is 1. The number of halogens is 4. The highest BCUT2D eigenvalue weighted by molar-refractivity contribution is 5.68. The number of carboxylic acid groups (broad SMARTS) is 1. The molecule has 112 valence electrons. The van der Waals surface area contributed by atoms with Gasteiger partial charge in [0.15, 0.2) is 0 Å². The van der Waals surface area contributed by atoms with E-state index in [-0.39, 0.29) is 12.3 Å². The number of carbonyl (C=O) groups is 1. The Morgan fingerprint density at radius 2 is 1.70 bits per heavy atom.